The predicted octanol–water partition coefficient (Wildman–Crippen LogP) is 4.23. The molecule has 31 heavy (non-hydrogen) atoms. The molecule has 0 fully saturated rings. The van der Waals surface area contributed by atoms with Crippen molar-refractivity contribution in [1.29, 1.82) is 0 Å². The number of ether oxygens (including phenoxy) is 1. The number of aromatic nitrogens is 1. The molecule has 2 aromatic rings. The van der Waals surface area contributed by atoms with E-state index in [4.69, 9.17) is 22.1 Å². The lowest BCUT2D eigenvalue weighted by atomic mass is 10.1. The number of halogens is 4. The monoisotopic (exact) mass is 456 g/mol. The van der Waals surface area contributed by atoms with E-state index >= 15 is 0 Å². The molecule has 0 bridgehead atoms. The highest BCUT2D eigenvalue weighted by Gasteiger charge is 2.31. The Morgan fingerprint density at radius 2 is 2.00 bits per heavy atom. The average molecular weight is 457 g/mol. The first-order chi connectivity index (χ1) is 14.5. The number of nitrogens with zero attached hydrogens (tertiary/aromatic N) is 2. The van der Waals surface area contributed by atoms with Gasteiger partial charge in [-0.25, -0.2) is 4.98 Å². The lowest BCUT2D eigenvalue weighted by molar-refractivity contribution is -0.137. The van der Waals surface area contributed by atoms with Crippen LogP contribution >= 0.6 is 11.6 Å². The molecule has 1 heterocycles. The van der Waals surface area contributed by atoms with E-state index in [1.807, 2.05) is 13.8 Å². The van der Waals surface area contributed by atoms with Gasteiger partial charge in [-0.2, -0.15) is 13.2 Å². The zero-order valence-corrected chi connectivity index (χ0v) is 18.1. The SMILES string of the molecule is Cc1cc(C(=O)NCCOc2cc(C(F)(F)F)ccc2Cl)cc(C(N)=NCC(C)C)n1. The van der Waals surface area contributed by atoms with Gasteiger partial charge in [-0.15, -0.1) is 0 Å². The molecule has 1 aromatic carbocycles. The van der Waals surface area contributed by atoms with Crippen LogP contribution in [0.2, 0.25) is 5.02 Å². The van der Waals surface area contributed by atoms with Crippen molar-refractivity contribution in [1.82, 2.24) is 10.3 Å². The first-order valence-corrected chi connectivity index (χ1v) is 9.92. The van der Waals surface area contributed by atoms with Crippen molar-refractivity contribution in [3.63, 3.8) is 0 Å². The van der Waals surface area contributed by atoms with Gasteiger partial charge in [0.15, 0.2) is 0 Å². The van der Waals surface area contributed by atoms with Crippen LogP contribution in [0.3, 0.4) is 0 Å². The second-order valence-corrected chi connectivity index (χ2v) is 7.66. The molecule has 0 saturated heterocycles. The molecule has 3 N–H and O–H groups in total. The Hall–Kier alpha value is -2.81. The van der Waals surface area contributed by atoms with Crippen LogP contribution in [-0.2, 0) is 6.18 Å². The van der Waals surface area contributed by atoms with E-state index in [1.54, 1.807) is 13.0 Å². The van der Waals surface area contributed by atoms with Crippen molar-refractivity contribution < 1.29 is 22.7 Å². The fraction of sp³-hybridized carbons (Fsp3) is 0.381. The summed E-state index contributed by atoms with van der Waals surface area (Å²) < 4.78 is 43.7. The Morgan fingerprint density at radius 1 is 1.29 bits per heavy atom. The minimum Gasteiger partial charge on any atom is -0.490 e. The van der Waals surface area contributed by atoms with Crippen LogP contribution < -0.4 is 15.8 Å². The number of nitrogens with two attached hydrogens (primary N) is 1. The van der Waals surface area contributed by atoms with Crippen molar-refractivity contribution >= 4 is 23.3 Å². The highest BCUT2D eigenvalue weighted by Crippen LogP contribution is 2.34. The molecule has 10 heteroatoms. The fourth-order valence-electron chi connectivity index (χ4n) is 2.51. The van der Waals surface area contributed by atoms with Gasteiger partial charge >= 0.3 is 6.18 Å². The van der Waals surface area contributed by atoms with Crippen molar-refractivity contribution in [3.05, 3.63) is 57.9 Å². The molecule has 1 amide bonds. The number of aryl methyl sites for hydroxylation is 1. The Balaban J connectivity index is 1.99. The smallest absolute Gasteiger partial charge is 0.416 e. The number of carbonyl (C=O) groups excluding carboxylic acids is 1. The first-order valence-electron chi connectivity index (χ1n) is 9.54. The number of pyridine rings is 1. The Morgan fingerprint density at radius 3 is 2.65 bits per heavy atom. The van der Waals surface area contributed by atoms with Gasteiger partial charge in [-0.1, -0.05) is 25.4 Å². The molecule has 0 unspecified atom stereocenters. The summed E-state index contributed by atoms with van der Waals surface area (Å²) in [4.78, 5) is 21.0. The van der Waals surface area contributed by atoms with Crippen LogP contribution in [0.5, 0.6) is 5.75 Å². The molecule has 0 atom stereocenters. The number of carbonyl (C=O) groups is 1. The van der Waals surface area contributed by atoms with Crippen LogP contribution in [0.4, 0.5) is 13.2 Å². The van der Waals surface area contributed by atoms with Crippen LogP contribution in [0.15, 0.2) is 35.3 Å². The van der Waals surface area contributed by atoms with Crippen LogP contribution in [-0.4, -0.2) is 36.4 Å². The largest absolute Gasteiger partial charge is 0.490 e. The molecule has 1 aromatic heterocycles. The molecular weight excluding hydrogens is 433 g/mol. The van der Waals surface area contributed by atoms with E-state index in [1.165, 1.54) is 6.07 Å². The molecule has 6 nitrogen and oxygen atoms in total. The highest BCUT2D eigenvalue weighted by atomic mass is 35.5. The van der Waals surface area contributed by atoms with E-state index in [9.17, 15) is 18.0 Å². The fourth-order valence-corrected chi connectivity index (χ4v) is 2.68. The average Bonchev–Trinajstić information content (AvgIpc) is 2.68. The van der Waals surface area contributed by atoms with Gasteiger partial charge in [0.25, 0.3) is 5.91 Å². The number of benzene rings is 1. The second kappa shape index (κ2) is 10.5. The van der Waals surface area contributed by atoms with Crippen LogP contribution in [0, 0.1) is 12.8 Å². The number of rotatable bonds is 8. The van der Waals surface area contributed by atoms with Gasteiger partial charge in [-0.05, 0) is 43.2 Å². The maximum absolute atomic E-state index is 12.8. The van der Waals surface area contributed by atoms with Crippen LogP contribution in [0.25, 0.3) is 0 Å². The molecule has 0 aliphatic carbocycles. The van der Waals surface area contributed by atoms with Gasteiger partial charge in [0.2, 0.25) is 0 Å². The summed E-state index contributed by atoms with van der Waals surface area (Å²) in [5.41, 5.74) is 6.43. The standard InChI is InChI=1S/C21H24ClF3N4O2/c1-12(2)11-28-19(26)17-9-14(8-13(3)29-17)20(30)27-6-7-31-18-10-15(21(23,24)25)4-5-16(18)22/h4-5,8-10,12H,6-7,11H2,1-3H3,(H2,26,28)(H,27,30). The molecular formula is C21H24ClF3N4O2. The zero-order chi connectivity index (χ0) is 23.2. The second-order valence-electron chi connectivity index (χ2n) is 7.25. The molecule has 0 spiro atoms. The maximum atomic E-state index is 12.8. The van der Waals surface area contributed by atoms with Crippen LogP contribution in [0.1, 0.15) is 41.2 Å². The lowest BCUT2D eigenvalue weighted by Gasteiger charge is -2.12. The van der Waals surface area contributed by atoms with E-state index < -0.39 is 17.6 Å². The molecule has 168 valence electrons. The summed E-state index contributed by atoms with van der Waals surface area (Å²) in [6.45, 7) is 6.27. The Bertz CT molecular complexity index is 962. The highest BCUT2D eigenvalue weighted by molar-refractivity contribution is 6.32. The molecule has 2 rings (SSSR count). The van der Waals surface area contributed by atoms with E-state index in [-0.39, 0.29) is 29.8 Å². The van der Waals surface area contributed by atoms with Gasteiger partial charge in [0.1, 0.15) is 23.9 Å². The molecule has 0 aliphatic rings. The number of amidine groups is 1. The van der Waals surface area contributed by atoms with Crippen molar-refractivity contribution in [3.8, 4) is 5.75 Å². The maximum Gasteiger partial charge on any atom is 0.416 e. The number of amides is 1. The number of hydrogen-bond acceptors (Lipinski definition) is 4. The van der Waals surface area contributed by atoms with E-state index in [2.05, 4.69) is 15.3 Å². The number of nitrogens with one attached hydrogen (secondary N) is 1. The Labute approximate surface area is 183 Å². The molecule has 0 saturated carbocycles. The minimum atomic E-state index is -4.51. The number of hydrogen-bond donors (Lipinski definition) is 2. The topological polar surface area (TPSA) is 89.6 Å². The molecule has 0 aliphatic heterocycles. The van der Waals surface area contributed by atoms with Gasteiger partial charge < -0.3 is 15.8 Å². The summed E-state index contributed by atoms with van der Waals surface area (Å²) in [5, 5.41) is 2.69. The number of aliphatic imine (C=N–C) groups is 1. The third-order valence-corrected chi connectivity index (χ3v) is 4.32. The summed E-state index contributed by atoms with van der Waals surface area (Å²) in [6.07, 6.45) is -4.51. The Kier molecular flexibility index (Phi) is 8.27. The van der Waals surface area contributed by atoms with Gasteiger partial charge in [-0.3, -0.25) is 9.79 Å². The van der Waals surface area contributed by atoms with Gasteiger partial charge in [0.05, 0.1) is 17.1 Å². The van der Waals surface area contributed by atoms with Crippen molar-refractivity contribution in [2.45, 2.75) is 26.9 Å². The van der Waals surface area contributed by atoms with E-state index in [0.29, 0.717) is 29.4 Å². The van der Waals surface area contributed by atoms with Gasteiger partial charge in [0, 0.05) is 17.8 Å². The number of alkyl halides is 3. The predicted molar refractivity (Wildman–Crippen MR) is 114 cm³/mol. The summed E-state index contributed by atoms with van der Waals surface area (Å²) >= 11 is 5.88. The normalized spacial score (nSPS) is 12.2. The first kappa shape index (κ1) is 24.5. The van der Waals surface area contributed by atoms with Crippen molar-refractivity contribution in [2.24, 2.45) is 16.6 Å². The quantitative estimate of drug-likeness (QED) is 0.353. The van der Waals surface area contributed by atoms with Crippen molar-refractivity contribution in [2.75, 3.05) is 19.7 Å². The zero-order valence-electron chi connectivity index (χ0n) is 17.4. The third-order valence-electron chi connectivity index (χ3n) is 4.01. The lowest BCUT2D eigenvalue weighted by Crippen LogP contribution is -2.29. The summed E-state index contributed by atoms with van der Waals surface area (Å²) in [7, 11) is 0. The summed E-state index contributed by atoms with van der Waals surface area (Å²) in [6, 6.07) is 5.94. The minimum absolute atomic E-state index is 0.0462. The summed E-state index contributed by atoms with van der Waals surface area (Å²) in [5.74, 6) is 0.0643. The van der Waals surface area contributed by atoms with E-state index in [0.717, 1.165) is 18.2 Å². The third kappa shape index (κ3) is 7.43. The molecule has 0 radical (unpaired) electrons.